The van der Waals surface area contributed by atoms with Crippen molar-refractivity contribution >= 4 is 10.0 Å². The second-order valence-corrected chi connectivity index (χ2v) is 6.75. The van der Waals surface area contributed by atoms with Gasteiger partial charge in [-0.1, -0.05) is 17.9 Å². The van der Waals surface area contributed by atoms with Gasteiger partial charge in [0.25, 0.3) is 0 Å². The standard InChI is InChI=1S/C15H21NO4S/c1-12-7-8-15(14(10-12)6-5-9-17)21(18,19)16(3)13(2)11-20-4/h7-8,10,13,17H,9,11H2,1-4H3. The number of nitrogens with zero attached hydrogens (tertiary/aromatic N) is 1. The van der Waals surface area contributed by atoms with Crippen molar-refractivity contribution in [1.29, 1.82) is 0 Å². The molecular formula is C15H21NO4S. The molecule has 1 atom stereocenters. The van der Waals surface area contributed by atoms with Crippen molar-refractivity contribution in [1.82, 2.24) is 4.31 Å². The Balaban J connectivity index is 3.31. The molecule has 0 radical (unpaired) electrons. The molecule has 0 saturated heterocycles. The van der Waals surface area contributed by atoms with E-state index in [1.54, 1.807) is 25.1 Å². The summed E-state index contributed by atoms with van der Waals surface area (Å²) in [4.78, 5) is 0.138. The number of sulfonamides is 1. The quantitative estimate of drug-likeness (QED) is 0.824. The van der Waals surface area contributed by atoms with E-state index in [1.807, 2.05) is 6.92 Å². The van der Waals surface area contributed by atoms with Gasteiger partial charge in [0.15, 0.2) is 0 Å². The molecule has 0 aliphatic rings. The zero-order valence-electron chi connectivity index (χ0n) is 12.8. The molecule has 5 nitrogen and oxygen atoms in total. The Hall–Kier alpha value is -1.39. The molecule has 0 amide bonds. The molecule has 1 N–H and O–H groups in total. The highest BCUT2D eigenvalue weighted by molar-refractivity contribution is 7.89. The molecular weight excluding hydrogens is 290 g/mol. The van der Waals surface area contributed by atoms with Gasteiger partial charge in [-0.2, -0.15) is 4.31 Å². The smallest absolute Gasteiger partial charge is 0.244 e. The minimum atomic E-state index is -3.67. The van der Waals surface area contributed by atoms with Crippen LogP contribution in [0.4, 0.5) is 0 Å². The molecule has 116 valence electrons. The Labute approximate surface area is 126 Å². The summed E-state index contributed by atoms with van der Waals surface area (Å²) in [5, 5.41) is 8.81. The number of benzene rings is 1. The van der Waals surface area contributed by atoms with Crippen molar-refractivity contribution in [2.24, 2.45) is 0 Å². The molecule has 0 bridgehead atoms. The SMILES string of the molecule is COCC(C)N(C)S(=O)(=O)c1ccc(C)cc1C#CCO. The van der Waals surface area contributed by atoms with Gasteiger partial charge in [0.1, 0.15) is 6.61 Å². The van der Waals surface area contributed by atoms with E-state index in [0.29, 0.717) is 12.2 Å². The van der Waals surface area contributed by atoms with Crippen molar-refractivity contribution in [2.75, 3.05) is 27.4 Å². The van der Waals surface area contributed by atoms with E-state index in [1.165, 1.54) is 18.5 Å². The third-order valence-corrected chi connectivity index (χ3v) is 5.15. The first-order valence-corrected chi connectivity index (χ1v) is 7.96. The van der Waals surface area contributed by atoms with E-state index in [0.717, 1.165) is 5.56 Å². The number of aliphatic hydroxyl groups is 1. The zero-order valence-corrected chi connectivity index (χ0v) is 13.6. The molecule has 1 rings (SSSR count). The van der Waals surface area contributed by atoms with E-state index in [-0.39, 0.29) is 17.5 Å². The fourth-order valence-corrected chi connectivity index (χ4v) is 3.31. The Bertz CT molecular complexity index is 643. The minimum Gasteiger partial charge on any atom is -0.384 e. The fourth-order valence-electron chi connectivity index (χ4n) is 1.84. The monoisotopic (exact) mass is 311 g/mol. The van der Waals surface area contributed by atoms with E-state index < -0.39 is 10.0 Å². The molecule has 0 aromatic heterocycles. The number of methoxy groups -OCH3 is 1. The minimum absolute atomic E-state index is 0.138. The second kappa shape index (κ2) is 7.57. The maximum atomic E-state index is 12.7. The fraction of sp³-hybridized carbons (Fsp3) is 0.467. The van der Waals surface area contributed by atoms with Crippen LogP contribution in [0.15, 0.2) is 23.1 Å². The average Bonchev–Trinajstić information content (AvgIpc) is 2.44. The van der Waals surface area contributed by atoms with Crippen LogP contribution in [0, 0.1) is 18.8 Å². The lowest BCUT2D eigenvalue weighted by atomic mass is 10.1. The second-order valence-electron chi connectivity index (χ2n) is 4.79. The van der Waals surface area contributed by atoms with E-state index in [9.17, 15) is 8.42 Å². The highest BCUT2D eigenvalue weighted by Crippen LogP contribution is 2.21. The molecule has 0 aliphatic heterocycles. The van der Waals surface area contributed by atoms with Gasteiger partial charge in [0, 0.05) is 25.8 Å². The third-order valence-electron chi connectivity index (χ3n) is 3.12. The van der Waals surface area contributed by atoms with Gasteiger partial charge >= 0.3 is 0 Å². The number of hydrogen-bond donors (Lipinski definition) is 1. The summed E-state index contributed by atoms with van der Waals surface area (Å²) in [6.07, 6.45) is 0. The zero-order chi connectivity index (χ0) is 16.0. The Kier molecular flexibility index (Phi) is 6.37. The number of rotatable bonds is 5. The van der Waals surface area contributed by atoms with Crippen LogP contribution >= 0.6 is 0 Å². The van der Waals surface area contributed by atoms with Gasteiger partial charge in [-0.05, 0) is 31.5 Å². The number of ether oxygens (including phenoxy) is 1. The van der Waals surface area contributed by atoms with Crippen LogP contribution in [0.25, 0.3) is 0 Å². The van der Waals surface area contributed by atoms with Crippen LogP contribution in [0.2, 0.25) is 0 Å². The van der Waals surface area contributed by atoms with Crippen molar-refractivity contribution in [3.63, 3.8) is 0 Å². The van der Waals surface area contributed by atoms with Crippen LogP contribution in [0.5, 0.6) is 0 Å². The Morgan fingerprint density at radius 1 is 1.43 bits per heavy atom. The molecule has 0 heterocycles. The van der Waals surface area contributed by atoms with Crippen molar-refractivity contribution < 1.29 is 18.3 Å². The highest BCUT2D eigenvalue weighted by Gasteiger charge is 2.27. The summed E-state index contributed by atoms with van der Waals surface area (Å²) < 4.78 is 31.6. The van der Waals surface area contributed by atoms with Crippen LogP contribution in [-0.4, -0.2) is 51.2 Å². The molecule has 21 heavy (non-hydrogen) atoms. The van der Waals surface area contributed by atoms with Gasteiger partial charge in [0.2, 0.25) is 10.0 Å². The molecule has 0 fully saturated rings. The maximum Gasteiger partial charge on any atom is 0.244 e. The third kappa shape index (κ3) is 4.29. The molecule has 1 unspecified atom stereocenters. The van der Waals surface area contributed by atoms with Gasteiger partial charge in [0.05, 0.1) is 11.5 Å². The summed E-state index contributed by atoms with van der Waals surface area (Å²) in [6.45, 7) is 3.62. The van der Waals surface area contributed by atoms with E-state index in [2.05, 4.69) is 11.8 Å². The van der Waals surface area contributed by atoms with E-state index >= 15 is 0 Å². The normalized spacial score (nSPS) is 12.9. The highest BCUT2D eigenvalue weighted by atomic mass is 32.2. The number of hydrogen-bond acceptors (Lipinski definition) is 4. The molecule has 6 heteroatoms. The maximum absolute atomic E-state index is 12.7. The van der Waals surface area contributed by atoms with Crippen LogP contribution in [-0.2, 0) is 14.8 Å². The lowest BCUT2D eigenvalue weighted by molar-refractivity contribution is 0.149. The summed E-state index contributed by atoms with van der Waals surface area (Å²) in [5.41, 5.74) is 1.30. The predicted octanol–water partition coefficient (Wildman–Crippen LogP) is 0.994. The molecule has 0 spiro atoms. The topological polar surface area (TPSA) is 66.8 Å². The molecule has 1 aromatic rings. The first-order chi connectivity index (χ1) is 9.84. The summed E-state index contributed by atoms with van der Waals surface area (Å²) in [6, 6.07) is 4.68. The van der Waals surface area contributed by atoms with Gasteiger partial charge in [-0.25, -0.2) is 8.42 Å². The van der Waals surface area contributed by atoms with E-state index in [4.69, 9.17) is 9.84 Å². The molecule has 0 aliphatic carbocycles. The van der Waals surface area contributed by atoms with Crippen molar-refractivity contribution in [2.45, 2.75) is 24.8 Å². The lowest BCUT2D eigenvalue weighted by Gasteiger charge is -2.24. The van der Waals surface area contributed by atoms with Crippen LogP contribution in [0.3, 0.4) is 0 Å². The van der Waals surface area contributed by atoms with Gasteiger partial charge in [-0.15, -0.1) is 0 Å². The lowest BCUT2D eigenvalue weighted by Crippen LogP contribution is -2.38. The largest absolute Gasteiger partial charge is 0.384 e. The van der Waals surface area contributed by atoms with Crippen molar-refractivity contribution in [3.05, 3.63) is 29.3 Å². The Morgan fingerprint density at radius 3 is 2.67 bits per heavy atom. The van der Waals surface area contributed by atoms with Gasteiger partial charge < -0.3 is 9.84 Å². The predicted molar refractivity (Wildman–Crippen MR) is 81.4 cm³/mol. The summed E-state index contributed by atoms with van der Waals surface area (Å²) >= 11 is 0. The first-order valence-electron chi connectivity index (χ1n) is 6.52. The molecule has 0 saturated carbocycles. The first kappa shape index (κ1) is 17.7. The average molecular weight is 311 g/mol. The molecule has 1 aromatic carbocycles. The van der Waals surface area contributed by atoms with Gasteiger partial charge in [-0.3, -0.25) is 0 Å². The van der Waals surface area contributed by atoms with Crippen LogP contribution < -0.4 is 0 Å². The Morgan fingerprint density at radius 2 is 2.10 bits per heavy atom. The summed E-state index contributed by atoms with van der Waals surface area (Å²) in [5.74, 6) is 5.19. The van der Waals surface area contributed by atoms with Crippen LogP contribution in [0.1, 0.15) is 18.1 Å². The number of likely N-dealkylation sites (N-methyl/N-ethyl adjacent to an activating group) is 1. The van der Waals surface area contributed by atoms with Crippen molar-refractivity contribution in [3.8, 4) is 11.8 Å². The number of aliphatic hydroxyl groups excluding tert-OH is 1. The summed E-state index contributed by atoms with van der Waals surface area (Å²) in [7, 11) is -0.624. The number of aryl methyl sites for hydroxylation is 1.